The summed E-state index contributed by atoms with van der Waals surface area (Å²) < 4.78 is 5.70. The van der Waals surface area contributed by atoms with Crippen LogP contribution in [0.5, 0.6) is 0 Å². The lowest BCUT2D eigenvalue weighted by molar-refractivity contribution is -0.172. The minimum Gasteiger partial charge on any atom is -0.459 e. The molecule has 0 bridgehead atoms. The van der Waals surface area contributed by atoms with E-state index >= 15 is 0 Å². The Morgan fingerprint density at radius 1 is 1.18 bits per heavy atom. The Morgan fingerprint density at radius 3 is 2.06 bits per heavy atom. The fourth-order valence-electron chi connectivity index (χ4n) is 1.91. The lowest BCUT2D eigenvalue weighted by atomic mass is 9.85. The Morgan fingerprint density at radius 2 is 1.65 bits per heavy atom. The van der Waals surface area contributed by atoms with E-state index in [-0.39, 0.29) is 17.0 Å². The van der Waals surface area contributed by atoms with Crippen LogP contribution in [0.15, 0.2) is 0 Å². The second-order valence-corrected chi connectivity index (χ2v) is 5.64. The van der Waals surface area contributed by atoms with Gasteiger partial charge in [-0.2, -0.15) is 0 Å². The van der Waals surface area contributed by atoms with E-state index in [9.17, 15) is 4.79 Å². The van der Waals surface area contributed by atoms with Gasteiger partial charge in [-0.1, -0.05) is 27.2 Å². The third kappa shape index (κ3) is 5.10. The van der Waals surface area contributed by atoms with Crippen molar-refractivity contribution in [1.82, 2.24) is 0 Å². The molecular weight excluding hydrogens is 212 g/mol. The Kier molecular flexibility index (Phi) is 6.81. The number of hydrogen-bond acceptors (Lipinski definition) is 2. The van der Waals surface area contributed by atoms with Crippen LogP contribution in [0.25, 0.3) is 0 Å². The molecule has 1 aliphatic carbocycles. The van der Waals surface area contributed by atoms with Crippen molar-refractivity contribution in [3.63, 3.8) is 0 Å². The number of hydrogen-bond donors (Lipinski definition) is 0. The molecule has 2 nitrogen and oxygen atoms in total. The second-order valence-electron chi connectivity index (χ2n) is 5.64. The van der Waals surface area contributed by atoms with Gasteiger partial charge >= 0.3 is 5.97 Å². The molecule has 1 aliphatic rings. The quantitative estimate of drug-likeness (QED) is 0.670. The monoisotopic (exact) mass is 242 g/mol. The van der Waals surface area contributed by atoms with Crippen LogP contribution in [0, 0.1) is 5.41 Å². The van der Waals surface area contributed by atoms with Gasteiger partial charge in [-0.3, -0.25) is 4.79 Å². The molecule has 17 heavy (non-hydrogen) atoms. The van der Waals surface area contributed by atoms with Crippen LogP contribution < -0.4 is 0 Å². The van der Waals surface area contributed by atoms with Crippen molar-refractivity contribution in [2.45, 2.75) is 85.7 Å². The fourth-order valence-corrected chi connectivity index (χ4v) is 1.91. The van der Waals surface area contributed by atoms with Crippen LogP contribution in [0.2, 0.25) is 0 Å². The summed E-state index contributed by atoms with van der Waals surface area (Å²) in [6, 6.07) is 0. The van der Waals surface area contributed by atoms with Gasteiger partial charge in [0.25, 0.3) is 0 Å². The molecule has 0 atom stereocenters. The predicted octanol–water partition coefficient (Wildman–Crippen LogP) is 4.71. The van der Waals surface area contributed by atoms with Crippen LogP contribution in [-0.2, 0) is 9.53 Å². The van der Waals surface area contributed by atoms with Gasteiger partial charge in [0.05, 0.1) is 5.41 Å². The minimum atomic E-state index is -0.333. The van der Waals surface area contributed by atoms with E-state index in [1.54, 1.807) is 0 Å². The molecule has 1 saturated carbocycles. The highest BCUT2D eigenvalue weighted by Crippen LogP contribution is 2.34. The molecule has 0 spiro atoms. The highest BCUT2D eigenvalue weighted by atomic mass is 16.6. The zero-order valence-corrected chi connectivity index (χ0v) is 12.6. The number of carbonyl (C=O) groups is 1. The highest BCUT2D eigenvalue weighted by Gasteiger charge is 2.36. The molecular formula is C15H30O2. The van der Waals surface area contributed by atoms with Gasteiger partial charge in [0, 0.05) is 0 Å². The van der Waals surface area contributed by atoms with Crippen LogP contribution in [0.1, 0.15) is 80.1 Å². The molecule has 0 amide bonds. The Bertz CT molecular complexity index is 225. The zero-order valence-electron chi connectivity index (χ0n) is 12.6. The van der Waals surface area contributed by atoms with E-state index in [4.69, 9.17) is 4.74 Å². The third-order valence-electron chi connectivity index (χ3n) is 3.69. The summed E-state index contributed by atoms with van der Waals surface area (Å²) in [5.41, 5.74) is -0.526. The largest absolute Gasteiger partial charge is 0.459 e. The summed E-state index contributed by atoms with van der Waals surface area (Å²) in [5, 5.41) is 0. The second kappa shape index (κ2) is 7.03. The lowest BCUT2D eigenvalue weighted by Crippen LogP contribution is -2.38. The third-order valence-corrected chi connectivity index (χ3v) is 3.69. The first-order valence-electron chi connectivity index (χ1n) is 7.13. The molecule has 0 aromatic heterocycles. The first-order valence-corrected chi connectivity index (χ1v) is 7.13. The molecule has 2 heteroatoms. The molecule has 0 aromatic rings. The van der Waals surface area contributed by atoms with E-state index in [1.807, 2.05) is 34.6 Å². The lowest BCUT2D eigenvalue weighted by Gasteiger charge is -2.36. The van der Waals surface area contributed by atoms with E-state index in [2.05, 4.69) is 6.92 Å². The smallest absolute Gasteiger partial charge is 0.312 e. The van der Waals surface area contributed by atoms with Gasteiger partial charge in [0.15, 0.2) is 0 Å². The summed E-state index contributed by atoms with van der Waals surface area (Å²) in [7, 11) is 0. The summed E-state index contributed by atoms with van der Waals surface area (Å²) in [6.07, 6.45) is 6.55. The molecule has 1 rings (SSSR count). The number of esters is 1. The van der Waals surface area contributed by atoms with Crippen LogP contribution in [-0.4, -0.2) is 11.6 Å². The average Bonchev–Trinajstić information content (AvgIpc) is 2.32. The summed E-state index contributed by atoms with van der Waals surface area (Å²) >= 11 is 0. The van der Waals surface area contributed by atoms with Crippen LogP contribution >= 0.6 is 0 Å². The maximum absolute atomic E-state index is 11.9. The van der Waals surface area contributed by atoms with Crippen molar-refractivity contribution in [3.05, 3.63) is 0 Å². The molecule has 0 aromatic carbocycles. The van der Waals surface area contributed by atoms with Crippen molar-refractivity contribution in [2.24, 2.45) is 5.41 Å². The Labute approximate surface area is 107 Å². The van der Waals surface area contributed by atoms with E-state index in [0.29, 0.717) is 0 Å². The maximum atomic E-state index is 11.9. The number of rotatable bonds is 3. The van der Waals surface area contributed by atoms with Crippen molar-refractivity contribution >= 4 is 5.97 Å². The molecule has 0 unspecified atom stereocenters. The maximum Gasteiger partial charge on any atom is 0.312 e. The van der Waals surface area contributed by atoms with Crippen LogP contribution in [0.4, 0.5) is 0 Å². The minimum absolute atomic E-state index is 0.0330. The van der Waals surface area contributed by atoms with Gasteiger partial charge in [0.2, 0.25) is 0 Å². The molecule has 0 aliphatic heterocycles. The van der Waals surface area contributed by atoms with E-state index in [1.165, 1.54) is 19.3 Å². The first-order chi connectivity index (χ1) is 7.90. The molecule has 0 heterocycles. The van der Waals surface area contributed by atoms with Gasteiger partial charge < -0.3 is 4.74 Å². The standard InChI is InChI=1S/C13H24O2.C2H6/c1-5-12(2,3)11(14)15-13(4)9-7-6-8-10-13;1-2/h5-10H2,1-4H3;1-2H3. The van der Waals surface area contributed by atoms with Gasteiger partial charge in [-0.15, -0.1) is 0 Å². The number of carbonyl (C=O) groups excluding carboxylic acids is 1. The van der Waals surface area contributed by atoms with Crippen molar-refractivity contribution in [3.8, 4) is 0 Å². The zero-order chi connectivity index (χ0) is 13.5. The Hall–Kier alpha value is -0.530. The first kappa shape index (κ1) is 16.5. The van der Waals surface area contributed by atoms with E-state index in [0.717, 1.165) is 19.3 Å². The SMILES string of the molecule is CC.CCC(C)(C)C(=O)OC1(C)CCCCC1. The number of ether oxygens (including phenoxy) is 1. The summed E-state index contributed by atoms with van der Waals surface area (Å²) in [5.74, 6) is -0.0330. The van der Waals surface area contributed by atoms with Gasteiger partial charge in [-0.25, -0.2) is 0 Å². The predicted molar refractivity (Wildman–Crippen MR) is 73.0 cm³/mol. The van der Waals surface area contributed by atoms with Crippen molar-refractivity contribution in [1.29, 1.82) is 0 Å². The van der Waals surface area contributed by atoms with E-state index < -0.39 is 0 Å². The highest BCUT2D eigenvalue weighted by molar-refractivity contribution is 5.76. The van der Waals surface area contributed by atoms with Gasteiger partial charge in [-0.05, 0) is 52.9 Å². The fraction of sp³-hybridized carbons (Fsp3) is 0.933. The average molecular weight is 242 g/mol. The molecule has 0 radical (unpaired) electrons. The van der Waals surface area contributed by atoms with Gasteiger partial charge in [0.1, 0.15) is 5.60 Å². The molecule has 0 N–H and O–H groups in total. The summed E-state index contributed by atoms with van der Waals surface area (Å²) in [6.45, 7) is 12.0. The Balaban J connectivity index is 0.00000121. The topological polar surface area (TPSA) is 26.3 Å². The van der Waals surface area contributed by atoms with Crippen LogP contribution in [0.3, 0.4) is 0 Å². The molecule has 102 valence electrons. The van der Waals surface area contributed by atoms with Crippen molar-refractivity contribution < 1.29 is 9.53 Å². The summed E-state index contributed by atoms with van der Waals surface area (Å²) in [4.78, 5) is 11.9. The normalized spacial score (nSPS) is 18.9. The molecule has 1 fully saturated rings. The molecule has 0 saturated heterocycles. The van der Waals surface area contributed by atoms with Crippen molar-refractivity contribution in [2.75, 3.05) is 0 Å².